The highest BCUT2D eigenvalue weighted by atomic mass is 15.3. The summed E-state index contributed by atoms with van der Waals surface area (Å²) in [5, 5.41) is 13.1. The third kappa shape index (κ3) is 1.68. The lowest BCUT2D eigenvalue weighted by atomic mass is 9.85. The van der Waals surface area contributed by atoms with Crippen LogP contribution in [0.1, 0.15) is 38.4 Å². The second kappa shape index (κ2) is 3.23. The van der Waals surface area contributed by atoms with Gasteiger partial charge < -0.3 is 0 Å². The van der Waals surface area contributed by atoms with Gasteiger partial charge in [-0.05, 0) is 23.8 Å². The monoisotopic (exact) mass is 201 g/mol. The quantitative estimate of drug-likeness (QED) is 0.647. The second-order valence-corrected chi connectivity index (χ2v) is 4.97. The lowest BCUT2D eigenvalue weighted by Gasteiger charge is -2.20. The molecule has 1 aromatic rings. The average molecular weight is 201 g/mol. The summed E-state index contributed by atoms with van der Waals surface area (Å²) >= 11 is 0. The van der Waals surface area contributed by atoms with Crippen LogP contribution in [0, 0.1) is 11.3 Å². The van der Waals surface area contributed by atoms with Crippen molar-refractivity contribution in [3.05, 3.63) is 23.0 Å². The molecule has 0 N–H and O–H groups in total. The highest BCUT2D eigenvalue weighted by molar-refractivity contribution is 5.46. The van der Waals surface area contributed by atoms with Crippen molar-refractivity contribution in [1.82, 2.24) is 9.78 Å². The van der Waals surface area contributed by atoms with Gasteiger partial charge in [0.2, 0.25) is 0 Å². The lowest BCUT2D eigenvalue weighted by Crippen LogP contribution is -2.15. The molecular formula is C12H15N3. The standard InChI is InChI=1S/C12H15N3/c1-12(2,3)10-7-14-15-8-9(6-13)4-5-11(10)15/h7-8H,4-5H2,1-3H3. The van der Waals surface area contributed by atoms with E-state index < -0.39 is 0 Å². The van der Waals surface area contributed by atoms with E-state index in [4.69, 9.17) is 5.26 Å². The topological polar surface area (TPSA) is 41.6 Å². The number of hydrogen-bond acceptors (Lipinski definition) is 2. The Kier molecular flexibility index (Phi) is 2.15. The van der Waals surface area contributed by atoms with E-state index in [1.54, 1.807) is 0 Å². The van der Waals surface area contributed by atoms with Crippen LogP contribution in [0.15, 0.2) is 11.8 Å². The van der Waals surface area contributed by atoms with Gasteiger partial charge >= 0.3 is 0 Å². The molecule has 0 amide bonds. The Balaban J connectivity index is 2.48. The minimum Gasteiger partial charge on any atom is -0.244 e. The maximum absolute atomic E-state index is 8.82. The lowest BCUT2D eigenvalue weighted by molar-refractivity contribution is 0.579. The fourth-order valence-corrected chi connectivity index (χ4v) is 1.92. The molecule has 1 aromatic heterocycles. The van der Waals surface area contributed by atoms with Gasteiger partial charge in [0.25, 0.3) is 0 Å². The van der Waals surface area contributed by atoms with Crippen LogP contribution in [-0.2, 0) is 11.8 Å². The number of nitriles is 1. The molecular weight excluding hydrogens is 186 g/mol. The Morgan fingerprint density at radius 2 is 2.13 bits per heavy atom. The molecule has 3 nitrogen and oxygen atoms in total. The highest BCUT2D eigenvalue weighted by Gasteiger charge is 2.23. The van der Waals surface area contributed by atoms with Gasteiger partial charge in [0.1, 0.15) is 0 Å². The maximum atomic E-state index is 8.82. The van der Waals surface area contributed by atoms with Crippen LogP contribution in [0.25, 0.3) is 6.20 Å². The van der Waals surface area contributed by atoms with E-state index in [0.29, 0.717) is 0 Å². The zero-order chi connectivity index (χ0) is 11.1. The SMILES string of the molecule is CC(C)(C)c1cnn2c1CCC(C#N)=C2. The van der Waals surface area contributed by atoms with Crippen LogP contribution in [0.2, 0.25) is 0 Å². The molecule has 0 bridgehead atoms. The number of nitrogens with zero attached hydrogens (tertiary/aromatic N) is 3. The van der Waals surface area contributed by atoms with Crippen LogP contribution < -0.4 is 0 Å². The van der Waals surface area contributed by atoms with Crippen molar-refractivity contribution in [2.75, 3.05) is 0 Å². The van der Waals surface area contributed by atoms with Crippen LogP contribution >= 0.6 is 0 Å². The third-order valence-corrected chi connectivity index (χ3v) is 2.76. The minimum atomic E-state index is 0.131. The summed E-state index contributed by atoms with van der Waals surface area (Å²) in [6.45, 7) is 6.57. The number of allylic oxidation sites excluding steroid dienone is 1. The molecule has 0 atom stereocenters. The van der Waals surface area contributed by atoms with Crippen molar-refractivity contribution in [1.29, 1.82) is 5.26 Å². The largest absolute Gasteiger partial charge is 0.244 e. The number of hydrogen-bond donors (Lipinski definition) is 0. The van der Waals surface area contributed by atoms with Gasteiger partial charge in [-0.1, -0.05) is 20.8 Å². The van der Waals surface area contributed by atoms with Gasteiger partial charge in [-0.3, -0.25) is 0 Å². The van der Waals surface area contributed by atoms with Gasteiger partial charge in [0.15, 0.2) is 0 Å². The first kappa shape index (κ1) is 9.97. The molecule has 0 aliphatic carbocycles. The van der Waals surface area contributed by atoms with Crippen LogP contribution in [0.3, 0.4) is 0 Å². The molecule has 78 valence electrons. The smallest absolute Gasteiger partial charge is 0.0963 e. The molecule has 0 unspecified atom stereocenters. The highest BCUT2D eigenvalue weighted by Crippen LogP contribution is 2.29. The zero-order valence-electron chi connectivity index (χ0n) is 9.41. The van der Waals surface area contributed by atoms with E-state index in [0.717, 1.165) is 18.4 Å². The molecule has 0 saturated carbocycles. The average Bonchev–Trinajstić information content (AvgIpc) is 2.59. The van der Waals surface area contributed by atoms with Crippen LogP contribution in [0.5, 0.6) is 0 Å². The molecule has 1 aliphatic heterocycles. The summed E-state index contributed by atoms with van der Waals surface area (Å²) in [5.41, 5.74) is 3.48. The van der Waals surface area contributed by atoms with E-state index in [-0.39, 0.29) is 5.41 Å². The molecule has 15 heavy (non-hydrogen) atoms. The fraction of sp³-hybridized carbons (Fsp3) is 0.500. The predicted molar refractivity (Wildman–Crippen MR) is 59.1 cm³/mol. The van der Waals surface area contributed by atoms with Crippen molar-refractivity contribution in [3.8, 4) is 6.07 Å². The molecule has 0 fully saturated rings. The van der Waals surface area contributed by atoms with Crippen molar-refractivity contribution in [2.45, 2.75) is 39.0 Å². The van der Waals surface area contributed by atoms with Gasteiger partial charge in [0, 0.05) is 17.5 Å². The van der Waals surface area contributed by atoms with Crippen molar-refractivity contribution in [3.63, 3.8) is 0 Å². The third-order valence-electron chi connectivity index (χ3n) is 2.76. The first-order valence-electron chi connectivity index (χ1n) is 5.20. The van der Waals surface area contributed by atoms with Crippen LogP contribution in [-0.4, -0.2) is 9.78 Å². The predicted octanol–water partition coefficient (Wildman–Crippen LogP) is 2.49. The zero-order valence-corrected chi connectivity index (χ0v) is 9.41. The van der Waals surface area contributed by atoms with Crippen LogP contribution in [0.4, 0.5) is 0 Å². The molecule has 0 aromatic carbocycles. The molecule has 1 aliphatic rings. The Morgan fingerprint density at radius 3 is 2.73 bits per heavy atom. The summed E-state index contributed by atoms with van der Waals surface area (Å²) in [4.78, 5) is 0. The van der Waals surface area contributed by atoms with E-state index in [2.05, 4.69) is 31.9 Å². The Morgan fingerprint density at radius 1 is 1.40 bits per heavy atom. The molecule has 0 saturated heterocycles. The summed E-state index contributed by atoms with van der Waals surface area (Å²) < 4.78 is 1.85. The number of aromatic nitrogens is 2. The summed E-state index contributed by atoms with van der Waals surface area (Å²) in [6.07, 6.45) is 5.53. The fourth-order valence-electron chi connectivity index (χ4n) is 1.92. The van der Waals surface area contributed by atoms with E-state index in [1.807, 2.05) is 17.1 Å². The summed E-state index contributed by atoms with van der Waals surface area (Å²) in [7, 11) is 0. The molecule has 0 radical (unpaired) electrons. The molecule has 3 heteroatoms. The van der Waals surface area contributed by atoms with E-state index in [1.165, 1.54) is 11.3 Å². The van der Waals surface area contributed by atoms with Crippen molar-refractivity contribution >= 4 is 6.20 Å². The van der Waals surface area contributed by atoms with Crippen molar-refractivity contribution in [2.24, 2.45) is 0 Å². The van der Waals surface area contributed by atoms with Gasteiger partial charge in [0.05, 0.1) is 12.3 Å². The van der Waals surface area contributed by atoms with E-state index in [9.17, 15) is 0 Å². The molecule has 0 spiro atoms. The maximum Gasteiger partial charge on any atom is 0.0963 e. The molecule has 2 rings (SSSR count). The first-order chi connectivity index (χ1) is 7.02. The molecule has 2 heterocycles. The Bertz CT molecular complexity index is 452. The van der Waals surface area contributed by atoms with Gasteiger partial charge in [-0.25, -0.2) is 4.68 Å². The number of rotatable bonds is 0. The second-order valence-electron chi connectivity index (χ2n) is 4.97. The van der Waals surface area contributed by atoms with Gasteiger partial charge in [-0.2, -0.15) is 10.4 Å². The minimum absolute atomic E-state index is 0.131. The normalized spacial score (nSPS) is 15.5. The Labute approximate surface area is 90.0 Å². The Hall–Kier alpha value is -1.56. The first-order valence-corrected chi connectivity index (χ1v) is 5.20. The number of fused-ring (bicyclic) bond motifs is 1. The van der Waals surface area contributed by atoms with E-state index >= 15 is 0 Å². The van der Waals surface area contributed by atoms with Crippen molar-refractivity contribution < 1.29 is 0 Å². The van der Waals surface area contributed by atoms with Gasteiger partial charge in [-0.15, -0.1) is 0 Å². The summed E-state index contributed by atoms with van der Waals surface area (Å²) in [5.74, 6) is 0. The summed E-state index contributed by atoms with van der Waals surface area (Å²) in [6, 6.07) is 2.19.